The van der Waals surface area contributed by atoms with Crippen LogP contribution in [-0.2, 0) is 30.5 Å². The van der Waals surface area contributed by atoms with Crippen molar-refractivity contribution in [1.82, 2.24) is 0 Å². The minimum absolute atomic E-state index is 0.0613. The van der Waals surface area contributed by atoms with Crippen LogP contribution in [0, 0.1) is 0 Å². The molecule has 33 heavy (non-hydrogen) atoms. The lowest BCUT2D eigenvalue weighted by Gasteiger charge is -2.31. The molecule has 0 unspecified atom stereocenters. The van der Waals surface area contributed by atoms with Gasteiger partial charge in [0.05, 0.1) is 46.4 Å². The van der Waals surface area contributed by atoms with Gasteiger partial charge in [0.1, 0.15) is 6.42 Å². The molecule has 2 aliphatic rings. The first-order valence-electron chi connectivity index (χ1n) is 9.83. The zero-order chi connectivity index (χ0) is 23.8. The highest BCUT2D eigenvalue weighted by atomic mass is 32.2. The molecule has 4 rings (SSSR count). The van der Waals surface area contributed by atoms with Crippen LogP contribution in [0.25, 0.3) is 0 Å². The third kappa shape index (κ3) is 5.03. The Morgan fingerprint density at radius 2 is 1.61 bits per heavy atom. The number of alkyl halides is 3. The average molecular weight is 484 g/mol. The van der Waals surface area contributed by atoms with Crippen molar-refractivity contribution in [2.75, 3.05) is 46.6 Å². The number of morpholine rings is 1. The lowest BCUT2D eigenvalue weighted by molar-refractivity contribution is -0.137. The van der Waals surface area contributed by atoms with Gasteiger partial charge >= 0.3 is 6.18 Å². The van der Waals surface area contributed by atoms with Gasteiger partial charge in [-0.25, -0.2) is 8.42 Å². The first kappa shape index (κ1) is 22.9. The Bertz CT molecular complexity index is 1210. The maximum Gasteiger partial charge on any atom is 0.416 e. The normalized spacial score (nSPS) is 17.0. The molecule has 2 amide bonds. The van der Waals surface area contributed by atoms with E-state index in [0.717, 1.165) is 18.2 Å². The monoisotopic (exact) mass is 484 g/mol. The highest BCUT2D eigenvalue weighted by Gasteiger charge is 2.32. The van der Waals surface area contributed by atoms with Gasteiger partial charge in [-0.2, -0.15) is 13.2 Å². The summed E-state index contributed by atoms with van der Waals surface area (Å²) < 4.78 is 73.6. The number of amides is 2. The van der Waals surface area contributed by atoms with Gasteiger partial charge in [0.25, 0.3) is 10.0 Å². The molecule has 1 saturated heterocycles. The van der Waals surface area contributed by atoms with Crippen molar-refractivity contribution in [1.29, 1.82) is 0 Å². The molecule has 0 radical (unpaired) electrons. The fourth-order valence-corrected chi connectivity index (χ4v) is 4.61. The lowest BCUT2D eigenvalue weighted by Crippen LogP contribution is -2.36. The summed E-state index contributed by atoms with van der Waals surface area (Å²) in [6, 6.07) is 6.46. The molecule has 2 aromatic rings. The summed E-state index contributed by atoms with van der Waals surface area (Å²) in [6.45, 7) is 1.46. The van der Waals surface area contributed by atoms with E-state index in [0.29, 0.717) is 26.3 Å². The van der Waals surface area contributed by atoms with Crippen molar-refractivity contribution in [2.24, 2.45) is 0 Å². The number of ether oxygens (including phenoxy) is 1. The largest absolute Gasteiger partial charge is 0.416 e. The standard InChI is InChI=1S/C20H19F3N4O5S/c21-20(22,23)12-1-4-17(27-5-7-32-8-6-27)16(9-12)26-33(30,31)13-2-3-14-15(10-13)25-19(29)11-18(28)24-14/h1-4,9-10,26H,5-8,11H2,(H,24,28)(H,25,29). The molecule has 0 bridgehead atoms. The molecular weight excluding hydrogens is 465 g/mol. The molecule has 176 valence electrons. The van der Waals surface area contributed by atoms with Crippen LogP contribution in [0.5, 0.6) is 0 Å². The number of rotatable bonds is 4. The van der Waals surface area contributed by atoms with Crippen molar-refractivity contribution < 1.29 is 35.9 Å². The van der Waals surface area contributed by atoms with Gasteiger partial charge in [0, 0.05) is 13.1 Å². The average Bonchev–Trinajstić information content (AvgIpc) is 2.89. The Labute approximate surface area is 186 Å². The van der Waals surface area contributed by atoms with Crippen LogP contribution in [0.4, 0.5) is 35.9 Å². The maximum absolute atomic E-state index is 13.3. The first-order chi connectivity index (χ1) is 15.5. The molecule has 2 aliphatic heterocycles. The fourth-order valence-electron chi connectivity index (χ4n) is 3.52. The van der Waals surface area contributed by atoms with E-state index in [-0.39, 0.29) is 27.6 Å². The zero-order valence-electron chi connectivity index (χ0n) is 17.0. The number of carbonyl (C=O) groups excluding carboxylic acids is 2. The molecule has 2 heterocycles. The molecule has 0 spiro atoms. The fraction of sp³-hybridized carbons (Fsp3) is 0.300. The second-order valence-electron chi connectivity index (χ2n) is 7.42. The highest BCUT2D eigenvalue weighted by molar-refractivity contribution is 7.92. The molecule has 0 atom stereocenters. The number of carbonyl (C=O) groups is 2. The smallest absolute Gasteiger partial charge is 0.378 e. The molecule has 2 aromatic carbocycles. The van der Waals surface area contributed by atoms with Crippen LogP contribution < -0.4 is 20.3 Å². The van der Waals surface area contributed by atoms with E-state index in [2.05, 4.69) is 15.4 Å². The van der Waals surface area contributed by atoms with Gasteiger partial charge in [0.2, 0.25) is 11.8 Å². The van der Waals surface area contributed by atoms with Gasteiger partial charge in [-0.05, 0) is 36.4 Å². The highest BCUT2D eigenvalue weighted by Crippen LogP contribution is 2.37. The zero-order valence-corrected chi connectivity index (χ0v) is 17.8. The Hall–Kier alpha value is -3.32. The van der Waals surface area contributed by atoms with Crippen molar-refractivity contribution >= 4 is 44.6 Å². The van der Waals surface area contributed by atoms with Crippen molar-refractivity contribution in [3.05, 3.63) is 42.0 Å². The molecule has 13 heteroatoms. The topological polar surface area (TPSA) is 117 Å². The third-order valence-corrected chi connectivity index (χ3v) is 6.45. The van der Waals surface area contributed by atoms with Gasteiger partial charge in [0.15, 0.2) is 0 Å². The Morgan fingerprint density at radius 1 is 0.939 bits per heavy atom. The number of hydrogen-bond acceptors (Lipinski definition) is 6. The number of anilines is 4. The molecule has 0 saturated carbocycles. The summed E-state index contributed by atoms with van der Waals surface area (Å²) in [4.78, 5) is 24.9. The van der Waals surface area contributed by atoms with E-state index >= 15 is 0 Å². The van der Waals surface area contributed by atoms with Gasteiger partial charge in [-0.15, -0.1) is 0 Å². The van der Waals surface area contributed by atoms with E-state index in [9.17, 15) is 31.2 Å². The molecule has 0 aliphatic carbocycles. The Kier molecular flexibility index (Phi) is 5.93. The molecule has 1 fully saturated rings. The van der Waals surface area contributed by atoms with Crippen LogP contribution in [-0.4, -0.2) is 46.5 Å². The predicted octanol–water partition coefficient (Wildman–Crippen LogP) is 2.62. The summed E-state index contributed by atoms with van der Waals surface area (Å²) >= 11 is 0. The number of hydrogen-bond donors (Lipinski definition) is 3. The van der Waals surface area contributed by atoms with E-state index < -0.39 is 40.0 Å². The minimum Gasteiger partial charge on any atom is -0.378 e. The molecule has 9 nitrogen and oxygen atoms in total. The van der Waals surface area contributed by atoms with Crippen LogP contribution in [0.3, 0.4) is 0 Å². The number of fused-ring (bicyclic) bond motifs is 1. The summed E-state index contributed by atoms with van der Waals surface area (Å²) in [5.74, 6) is -1.18. The quantitative estimate of drug-likeness (QED) is 0.575. The van der Waals surface area contributed by atoms with Crippen LogP contribution in [0.1, 0.15) is 12.0 Å². The van der Waals surface area contributed by atoms with Crippen LogP contribution >= 0.6 is 0 Å². The van der Waals surface area contributed by atoms with E-state index in [1.54, 1.807) is 4.90 Å². The summed E-state index contributed by atoms with van der Waals surface area (Å²) in [7, 11) is -4.35. The predicted molar refractivity (Wildman–Crippen MR) is 114 cm³/mol. The summed E-state index contributed by atoms with van der Waals surface area (Å²) in [5, 5.41) is 4.91. The number of benzene rings is 2. The summed E-state index contributed by atoms with van der Waals surface area (Å²) in [6.07, 6.45) is -5.10. The number of nitrogens with one attached hydrogen (secondary N) is 3. The Balaban J connectivity index is 1.71. The lowest BCUT2D eigenvalue weighted by atomic mass is 10.1. The Morgan fingerprint density at radius 3 is 2.27 bits per heavy atom. The van der Waals surface area contributed by atoms with Crippen molar-refractivity contribution in [2.45, 2.75) is 17.5 Å². The van der Waals surface area contributed by atoms with E-state index in [4.69, 9.17) is 4.74 Å². The second-order valence-corrected chi connectivity index (χ2v) is 9.10. The van der Waals surface area contributed by atoms with Crippen LogP contribution in [0.15, 0.2) is 41.3 Å². The van der Waals surface area contributed by atoms with Crippen molar-refractivity contribution in [3.8, 4) is 0 Å². The molecule has 3 N–H and O–H groups in total. The number of halogens is 3. The van der Waals surface area contributed by atoms with E-state index in [1.807, 2.05) is 0 Å². The first-order valence-corrected chi connectivity index (χ1v) is 11.3. The molecule has 0 aromatic heterocycles. The molecular formula is C20H19F3N4O5S. The van der Waals surface area contributed by atoms with Crippen LogP contribution in [0.2, 0.25) is 0 Å². The van der Waals surface area contributed by atoms with Crippen molar-refractivity contribution in [3.63, 3.8) is 0 Å². The van der Waals surface area contributed by atoms with E-state index in [1.165, 1.54) is 18.2 Å². The van der Waals surface area contributed by atoms with Gasteiger partial charge < -0.3 is 20.3 Å². The minimum atomic E-state index is -4.67. The number of sulfonamides is 1. The SMILES string of the molecule is O=C1CC(=O)Nc2cc(S(=O)(=O)Nc3cc(C(F)(F)F)ccc3N3CCOCC3)ccc2N1. The number of nitrogens with zero attached hydrogens (tertiary/aromatic N) is 1. The maximum atomic E-state index is 13.3. The second kappa shape index (κ2) is 8.56. The van der Waals surface area contributed by atoms with Gasteiger partial charge in [-0.3, -0.25) is 14.3 Å². The third-order valence-electron chi connectivity index (χ3n) is 5.09. The van der Waals surface area contributed by atoms with Gasteiger partial charge in [-0.1, -0.05) is 0 Å². The summed E-state index contributed by atoms with van der Waals surface area (Å²) in [5.41, 5.74) is -0.692.